The summed E-state index contributed by atoms with van der Waals surface area (Å²) in [4.78, 5) is 0. The first kappa shape index (κ1) is 34.5. The number of rotatable bonds is 9. The Hall–Kier alpha value is -5.90. The SMILES string of the molecule is COc1ccc(CNc2n[nH]c3c(F)c(Cl)c(-c4ccccc4)cc23)cc1.Fc1c(Cl)c(-c2ccccc2)cc2c(NCc3ccccc3)n[nH]c12. The van der Waals surface area contributed by atoms with Gasteiger partial charge in [0.2, 0.25) is 0 Å². The van der Waals surface area contributed by atoms with E-state index in [-0.39, 0.29) is 15.6 Å². The molecule has 0 atom stereocenters. The van der Waals surface area contributed by atoms with E-state index in [1.165, 1.54) is 0 Å². The van der Waals surface area contributed by atoms with E-state index in [9.17, 15) is 8.78 Å². The summed E-state index contributed by atoms with van der Waals surface area (Å²) < 4.78 is 34.6. The molecule has 0 saturated heterocycles. The molecule has 11 heteroatoms. The first-order valence-corrected chi connectivity index (χ1v) is 17.1. The molecule has 52 heavy (non-hydrogen) atoms. The van der Waals surface area contributed by atoms with Gasteiger partial charge in [0.15, 0.2) is 23.3 Å². The molecule has 0 unspecified atom stereocenters. The highest BCUT2D eigenvalue weighted by Crippen LogP contribution is 2.38. The molecule has 0 saturated carbocycles. The Bertz CT molecular complexity index is 2440. The highest BCUT2D eigenvalue weighted by atomic mass is 35.5. The number of H-pyrrole nitrogens is 2. The molecular weight excluding hydrogens is 701 g/mol. The van der Waals surface area contributed by atoms with Gasteiger partial charge in [0, 0.05) is 35.0 Å². The van der Waals surface area contributed by atoms with Crippen LogP contribution >= 0.6 is 23.2 Å². The molecule has 0 aliphatic heterocycles. The number of nitrogens with zero attached hydrogens (tertiary/aromatic N) is 2. The lowest BCUT2D eigenvalue weighted by Gasteiger charge is -2.08. The van der Waals surface area contributed by atoms with Crippen LogP contribution in [0.25, 0.3) is 44.1 Å². The van der Waals surface area contributed by atoms with Crippen LogP contribution in [0, 0.1) is 11.6 Å². The molecule has 0 aliphatic carbocycles. The number of aromatic amines is 2. The molecule has 0 amide bonds. The predicted molar refractivity (Wildman–Crippen MR) is 207 cm³/mol. The van der Waals surface area contributed by atoms with E-state index < -0.39 is 11.6 Å². The van der Waals surface area contributed by atoms with Crippen molar-refractivity contribution >= 4 is 56.6 Å². The fourth-order valence-corrected chi connectivity index (χ4v) is 6.34. The number of hydrogen-bond acceptors (Lipinski definition) is 5. The summed E-state index contributed by atoms with van der Waals surface area (Å²) >= 11 is 12.5. The van der Waals surface area contributed by atoms with Gasteiger partial charge in [-0.2, -0.15) is 10.2 Å². The van der Waals surface area contributed by atoms with Crippen LogP contribution in [0.15, 0.2) is 127 Å². The summed E-state index contributed by atoms with van der Waals surface area (Å²) in [7, 11) is 1.63. The molecule has 8 rings (SSSR count). The fraction of sp³-hybridized carbons (Fsp3) is 0.0732. The number of aromatic nitrogens is 4. The lowest BCUT2D eigenvalue weighted by molar-refractivity contribution is 0.414. The number of methoxy groups -OCH3 is 1. The molecule has 6 aromatic carbocycles. The zero-order chi connectivity index (χ0) is 36.0. The number of anilines is 2. The largest absolute Gasteiger partial charge is 0.497 e. The van der Waals surface area contributed by atoms with Crippen molar-refractivity contribution < 1.29 is 13.5 Å². The van der Waals surface area contributed by atoms with E-state index in [0.29, 0.717) is 52.1 Å². The summed E-state index contributed by atoms with van der Waals surface area (Å²) in [6.45, 7) is 1.15. The molecule has 0 aliphatic rings. The van der Waals surface area contributed by atoms with Crippen molar-refractivity contribution in [2.24, 2.45) is 0 Å². The summed E-state index contributed by atoms with van der Waals surface area (Å²) in [5.41, 5.74) is 5.78. The quantitative estimate of drug-likeness (QED) is 0.119. The van der Waals surface area contributed by atoms with Crippen LogP contribution in [0.3, 0.4) is 0 Å². The van der Waals surface area contributed by atoms with Gasteiger partial charge in [0.05, 0.1) is 17.2 Å². The second-order valence-electron chi connectivity index (χ2n) is 11.9. The lowest BCUT2D eigenvalue weighted by atomic mass is 10.0. The Kier molecular flexibility index (Phi) is 10.3. The van der Waals surface area contributed by atoms with Crippen LogP contribution in [0.2, 0.25) is 10.0 Å². The standard InChI is InChI=1S/C21H17ClFN3O.C20H15ClFN3/c1-27-15-9-7-13(8-10-15)12-24-21-17-11-16(14-5-3-2-4-6-14)18(22)19(23)20(17)25-26-21;21-17-15(14-9-5-2-6-10-14)11-16-19(18(17)22)24-25-20(16)23-12-13-7-3-1-4-8-13/h2-11H,12H2,1H3,(H2,24,25,26);1-11H,12H2,(H2,23,24,25). The number of fused-ring (bicyclic) bond motifs is 2. The number of ether oxygens (including phenoxy) is 1. The third kappa shape index (κ3) is 7.28. The zero-order valence-electron chi connectivity index (χ0n) is 27.9. The minimum absolute atomic E-state index is 0.0825. The van der Waals surface area contributed by atoms with Crippen molar-refractivity contribution in [3.05, 3.63) is 160 Å². The van der Waals surface area contributed by atoms with Crippen molar-refractivity contribution in [3.63, 3.8) is 0 Å². The normalized spacial score (nSPS) is 10.9. The maximum atomic E-state index is 14.8. The molecule has 2 aromatic heterocycles. The Morgan fingerprint density at radius 3 is 1.40 bits per heavy atom. The van der Waals surface area contributed by atoms with Crippen LogP contribution in [0.5, 0.6) is 5.75 Å². The number of halogens is 4. The van der Waals surface area contributed by atoms with E-state index in [4.69, 9.17) is 27.9 Å². The Morgan fingerprint density at radius 1 is 0.577 bits per heavy atom. The molecule has 260 valence electrons. The predicted octanol–water partition coefficient (Wildman–Crippen LogP) is 11.3. The van der Waals surface area contributed by atoms with Crippen molar-refractivity contribution in [3.8, 4) is 28.0 Å². The number of benzene rings is 6. The molecule has 8 aromatic rings. The second-order valence-corrected chi connectivity index (χ2v) is 12.6. The third-order valence-electron chi connectivity index (χ3n) is 8.57. The highest BCUT2D eigenvalue weighted by Gasteiger charge is 2.19. The van der Waals surface area contributed by atoms with Gasteiger partial charge in [-0.1, -0.05) is 126 Å². The van der Waals surface area contributed by atoms with Gasteiger partial charge >= 0.3 is 0 Å². The van der Waals surface area contributed by atoms with E-state index >= 15 is 0 Å². The zero-order valence-corrected chi connectivity index (χ0v) is 29.4. The molecule has 2 heterocycles. The first-order chi connectivity index (χ1) is 25.4. The Morgan fingerprint density at radius 2 is 0.981 bits per heavy atom. The summed E-state index contributed by atoms with van der Waals surface area (Å²) in [5.74, 6) is 0.990. The van der Waals surface area contributed by atoms with Crippen molar-refractivity contribution in [2.45, 2.75) is 13.1 Å². The van der Waals surface area contributed by atoms with Gasteiger partial charge in [-0.25, -0.2) is 8.78 Å². The molecule has 0 fully saturated rings. The lowest BCUT2D eigenvalue weighted by Crippen LogP contribution is -2.00. The molecular formula is C41H32Cl2F2N6O. The van der Waals surface area contributed by atoms with E-state index in [1.54, 1.807) is 7.11 Å². The van der Waals surface area contributed by atoms with Gasteiger partial charge < -0.3 is 15.4 Å². The molecule has 7 nitrogen and oxygen atoms in total. The summed E-state index contributed by atoms with van der Waals surface area (Å²) in [5, 5.41) is 21.9. The minimum atomic E-state index is -0.502. The van der Waals surface area contributed by atoms with Crippen molar-refractivity contribution in [1.29, 1.82) is 0 Å². The highest BCUT2D eigenvalue weighted by molar-refractivity contribution is 6.35. The van der Waals surface area contributed by atoms with Gasteiger partial charge in [-0.15, -0.1) is 0 Å². The van der Waals surface area contributed by atoms with Crippen LogP contribution in [0.4, 0.5) is 20.4 Å². The van der Waals surface area contributed by atoms with Crippen molar-refractivity contribution in [1.82, 2.24) is 20.4 Å². The van der Waals surface area contributed by atoms with Crippen LogP contribution in [-0.2, 0) is 13.1 Å². The molecule has 4 N–H and O–H groups in total. The third-order valence-corrected chi connectivity index (χ3v) is 9.31. The van der Waals surface area contributed by atoms with E-state index in [1.807, 2.05) is 127 Å². The number of nitrogens with one attached hydrogen (secondary N) is 4. The summed E-state index contributed by atoms with van der Waals surface area (Å²) in [6, 6.07) is 40.4. The second kappa shape index (κ2) is 15.6. The van der Waals surface area contributed by atoms with Crippen LogP contribution in [-0.4, -0.2) is 27.5 Å². The smallest absolute Gasteiger partial charge is 0.168 e. The Balaban J connectivity index is 0.000000162. The fourth-order valence-electron chi connectivity index (χ4n) is 5.82. The monoisotopic (exact) mass is 732 g/mol. The average molecular weight is 734 g/mol. The maximum Gasteiger partial charge on any atom is 0.168 e. The minimum Gasteiger partial charge on any atom is -0.497 e. The topological polar surface area (TPSA) is 90.7 Å². The molecule has 0 radical (unpaired) electrons. The Labute approximate surface area is 308 Å². The van der Waals surface area contributed by atoms with Crippen LogP contribution < -0.4 is 15.4 Å². The van der Waals surface area contributed by atoms with Crippen LogP contribution in [0.1, 0.15) is 11.1 Å². The number of hydrogen-bond donors (Lipinski definition) is 4. The van der Waals surface area contributed by atoms with Gasteiger partial charge in [-0.3, -0.25) is 10.2 Å². The first-order valence-electron chi connectivity index (χ1n) is 16.4. The van der Waals surface area contributed by atoms with Gasteiger partial charge in [0.25, 0.3) is 0 Å². The summed E-state index contributed by atoms with van der Waals surface area (Å²) in [6.07, 6.45) is 0. The molecule has 0 bridgehead atoms. The van der Waals surface area contributed by atoms with Gasteiger partial charge in [0.1, 0.15) is 16.8 Å². The average Bonchev–Trinajstić information content (AvgIpc) is 3.81. The molecule has 0 spiro atoms. The van der Waals surface area contributed by atoms with E-state index in [0.717, 1.165) is 28.0 Å². The van der Waals surface area contributed by atoms with E-state index in [2.05, 4.69) is 31.0 Å². The van der Waals surface area contributed by atoms with Crippen molar-refractivity contribution in [2.75, 3.05) is 17.7 Å². The maximum absolute atomic E-state index is 14.8. The van der Waals surface area contributed by atoms with Gasteiger partial charge in [-0.05, 0) is 46.5 Å².